The summed E-state index contributed by atoms with van der Waals surface area (Å²) in [5.41, 5.74) is 3.43. The Bertz CT molecular complexity index is 1090. The van der Waals surface area contributed by atoms with Gasteiger partial charge in [0.15, 0.2) is 0 Å². The van der Waals surface area contributed by atoms with E-state index >= 15 is 0 Å². The summed E-state index contributed by atoms with van der Waals surface area (Å²) in [7, 11) is -0.776. The highest BCUT2D eigenvalue weighted by Gasteiger charge is 2.31. The van der Waals surface area contributed by atoms with E-state index < -0.39 is 10.2 Å². The van der Waals surface area contributed by atoms with E-state index in [4.69, 9.17) is 0 Å². The Morgan fingerprint density at radius 1 is 1.07 bits per heavy atom. The number of aryl methyl sites for hydroxylation is 1. The second kappa shape index (κ2) is 7.49. The number of hydrogen-bond acceptors (Lipinski definition) is 5. The van der Waals surface area contributed by atoms with Crippen LogP contribution in [0.1, 0.15) is 35.2 Å². The Labute approximate surface area is 170 Å². The van der Waals surface area contributed by atoms with Crippen LogP contribution in [0.25, 0.3) is 0 Å². The molecule has 0 bridgehead atoms. The standard InChI is InChI=1S/C20H24N6O2S/c1-14-9-11-16(12-10-14)18-13-17(15-7-5-4-6-8-15)21-20-22-19(23-26(18)20)24-29(27,28)25(2)3/h4-12,17-18H,13H2,1-3H3,(H2,21,22,23,24). The van der Waals surface area contributed by atoms with Crippen molar-refractivity contribution < 1.29 is 8.42 Å². The van der Waals surface area contributed by atoms with E-state index in [1.54, 1.807) is 4.68 Å². The van der Waals surface area contributed by atoms with Gasteiger partial charge < -0.3 is 5.32 Å². The summed E-state index contributed by atoms with van der Waals surface area (Å²) in [6.07, 6.45) is 0.767. The highest BCUT2D eigenvalue weighted by atomic mass is 32.2. The first-order valence-electron chi connectivity index (χ1n) is 9.38. The molecule has 2 N–H and O–H groups in total. The van der Waals surface area contributed by atoms with E-state index in [2.05, 4.69) is 56.5 Å². The van der Waals surface area contributed by atoms with E-state index in [0.717, 1.165) is 21.9 Å². The summed E-state index contributed by atoms with van der Waals surface area (Å²) in [5, 5.41) is 7.85. The summed E-state index contributed by atoms with van der Waals surface area (Å²) in [4.78, 5) is 4.41. The zero-order chi connectivity index (χ0) is 20.6. The lowest BCUT2D eigenvalue weighted by Crippen LogP contribution is -2.29. The largest absolute Gasteiger partial charge is 0.347 e. The van der Waals surface area contributed by atoms with Crippen LogP contribution in [0, 0.1) is 6.92 Å². The fourth-order valence-corrected chi connectivity index (χ4v) is 3.90. The molecule has 1 aliphatic rings. The zero-order valence-corrected chi connectivity index (χ0v) is 17.4. The molecule has 3 aromatic rings. The average Bonchev–Trinajstić information content (AvgIpc) is 3.10. The lowest BCUT2D eigenvalue weighted by Gasteiger charge is -2.31. The van der Waals surface area contributed by atoms with Gasteiger partial charge in [0, 0.05) is 14.1 Å². The summed E-state index contributed by atoms with van der Waals surface area (Å²) < 4.78 is 29.7. The van der Waals surface area contributed by atoms with Crippen LogP contribution in [0.15, 0.2) is 54.6 Å². The zero-order valence-electron chi connectivity index (χ0n) is 16.6. The van der Waals surface area contributed by atoms with E-state index in [1.165, 1.54) is 19.7 Å². The molecule has 0 saturated heterocycles. The molecule has 2 aromatic carbocycles. The van der Waals surface area contributed by atoms with Crippen molar-refractivity contribution in [2.24, 2.45) is 0 Å². The first kappa shape index (κ1) is 19.4. The van der Waals surface area contributed by atoms with E-state index in [9.17, 15) is 8.42 Å². The van der Waals surface area contributed by atoms with Crippen LogP contribution in [0.5, 0.6) is 0 Å². The molecule has 1 aromatic heterocycles. The second-order valence-corrected chi connectivity index (χ2v) is 9.25. The topological polar surface area (TPSA) is 92.2 Å². The number of nitrogens with one attached hydrogen (secondary N) is 2. The van der Waals surface area contributed by atoms with Crippen LogP contribution in [0.2, 0.25) is 0 Å². The van der Waals surface area contributed by atoms with Gasteiger partial charge in [-0.05, 0) is 24.5 Å². The van der Waals surface area contributed by atoms with Crippen molar-refractivity contribution in [2.75, 3.05) is 24.1 Å². The number of rotatable bonds is 5. The quantitative estimate of drug-likeness (QED) is 0.672. The smallest absolute Gasteiger partial charge is 0.303 e. The average molecular weight is 413 g/mol. The number of aromatic nitrogens is 3. The summed E-state index contributed by atoms with van der Waals surface area (Å²) >= 11 is 0. The molecule has 29 heavy (non-hydrogen) atoms. The number of nitrogens with zero attached hydrogens (tertiary/aromatic N) is 4. The molecule has 0 saturated carbocycles. The van der Waals surface area contributed by atoms with Gasteiger partial charge in [-0.3, -0.25) is 0 Å². The third-order valence-electron chi connectivity index (χ3n) is 5.05. The monoisotopic (exact) mass is 412 g/mol. The Hall–Kier alpha value is -2.91. The molecule has 9 heteroatoms. The van der Waals surface area contributed by atoms with Crippen molar-refractivity contribution >= 4 is 22.1 Å². The number of hydrogen-bond donors (Lipinski definition) is 2. The van der Waals surface area contributed by atoms with Crippen LogP contribution in [-0.2, 0) is 10.2 Å². The minimum Gasteiger partial charge on any atom is -0.347 e. The highest BCUT2D eigenvalue weighted by Crippen LogP contribution is 2.38. The van der Waals surface area contributed by atoms with Crippen LogP contribution in [-0.4, -0.2) is 41.6 Å². The van der Waals surface area contributed by atoms with Gasteiger partial charge in [-0.15, -0.1) is 5.10 Å². The maximum absolute atomic E-state index is 12.2. The molecule has 0 spiro atoms. The second-order valence-electron chi connectivity index (χ2n) is 7.36. The third-order valence-corrected chi connectivity index (χ3v) is 6.46. The molecule has 2 atom stereocenters. The van der Waals surface area contributed by atoms with E-state index in [-0.39, 0.29) is 18.0 Å². The molecular formula is C20H24N6O2S. The SMILES string of the molecule is Cc1ccc(C2CC(c3ccccc3)Nc3nc(NS(=O)(=O)N(C)C)nn32)cc1. The van der Waals surface area contributed by atoms with Crippen LogP contribution < -0.4 is 10.0 Å². The van der Waals surface area contributed by atoms with Crippen molar-refractivity contribution in [1.82, 2.24) is 19.1 Å². The lowest BCUT2D eigenvalue weighted by molar-refractivity contribution is 0.431. The predicted octanol–water partition coefficient (Wildman–Crippen LogP) is 2.95. The molecule has 0 amide bonds. The summed E-state index contributed by atoms with van der Waals surface area (Å²) in [6.45, 7) is 2.05. The maximum Gasteiger partial charge on any atom is 0.303 e. The normalized spacial score (nSPS) is 18.9. The molecule has 4 rings (SSSR count). The lowest BCUT2D eigenvalue weighted by atomic mass is 9.93. The van der Waals surface area contributed by atoms with Gasteiger partial charge in [0.25, 0.3) is 5.95 Å². The molecule has 1 aliphatic heterocycles. The summed E-state index contributed by atoms with van der Waals surface area (Å²) in [5.74, 6) is 0.583. The Morgan fingerprint density at radius 3 is 2.41 bits per heavy atom. The molecule has 0 fully saturated rings. The first-order chi connectivity index (χ1) is 13.8. The molecular weight excluding hydrogens is 388 g/mol. The van der Waals surface area contributed by atoms with E-state index in [1.807, 2.05) is 25.1 Å². The Balaban J connectivity index is 1.74. The number of fused-ring (bicyclic) bond motifs is 1. The molecule has 0 radical (unpaired) electrons. The molecule has 2 unspecified atom stereocenters. The molecule has 0 aliphatic carbocycles. The molecule has 2 heterocycles. The highest BCUT2D eigenvalue weighted by molar-refractivity contribution is 7.90. The van der Waals surface area contributed by atoms with Gasteiger partial charge in [-0.2, -0.15) is 17.7 Å². The van der Waals surface area contributed by atoms with Crippen molar-refractivity contribution in [3.8, 4) is 0 Å². The fraction of sp³-hybridized carbons (Fsp3) is 0.300. The minimum atomic E-state index is -3.69. The van der Waals surface area contributed by atoms with Gasteiger partial charge in [-0.1, -0.05) is 60.2 Å². The number of anilines is 2. The van der Waals surface area contributed by atoms with Gasteiger partial charge in [0.1, 0.15) is 0 Å². The van der Waals surface area contributed by atoms with Crippen LogP contribution >= 0.6 is 0 Å². The van der Waals surface area contributed by atoms with Gasteiger partial charge in [0.05, 0.1) is 12.1 Å². The van der Waals surface area contributed by atoms with Crippen LogP contribution in [0.4, 0.5) is 11.9 Å². The third kappa shape index (κ3) is 3.96. The summed E-state index contributed by atoms with van der Waals surface area (Å²) in [6, 6.07) is 18.4. The molecule has 152 valence electrons. The van der Waals surface area contributed by atoms with Gasteiger partial charge in [0.2, 0.25) is 5.95 Å². The Morgan fingerprint density at radius 2 is 1.76 bits per heavy atom. The van der Waals surface area contributed by atoms with Crippen LogP contribution in [0.3, 0.4) is 0 Å². The van der Waals surface area contributed by atoms with Gasteiger partial charge >= 0.3 is 10.2 Å². The van der Waals surface area contributed by atoms with E-state index in [0.29, 0.717) is 5.95 Å². The first-order valence-corrected chi connectivity index (χ1v) is 10.8. The van der Waals surface area contributed by atoms with Crippen molar-refractivity contribution in [3.05, 3.63) is 71.3 Å². The fourth-order valence-electron chi connectivity index (χ4n) is 3.40. The Kier molecular flexibility index (Phi) is 5.01. The predicted molar refractivity (Wildman–Crippen MR) is 113 cm³/mol. The van der Waals surface area contributed by atoms with Gasteiger partial charge in [-0.25, -0.2) is 9.40 Å². The number of benzene rings is 2. The van der Waals surface area contributed by atoms with Crippen molar-refractivity contribution in [2.45, 2.75) is 25.4 Å². The minimum absolute atomic E-state index is 0.0394. The maximum atomic E-state index is 12.2. The van der Waals surface area contributed by atoms with Crippen molar-refractivity contribution in [1.29, 1.82) is 0 Å². The van der Waals surface area contributed by atoms with Crippen molar-refractivity contribution in [3.63, 3.8) is 0 Å². The molecule has 8 nitrogen and oxygen atoms in total.